The highest BCUT2D eigenvalue weighted by Gasteiger charge is 2.10. The van der Waals surface area contributed by atoms with Crippen molar-refractivity contribution < 1.29 is 14.8 Å². The Morgan fingerprint density at radius 1 is 1.71 bits per heavy atom. The number of rotatable bonds is 6. The number of methoxy groups -OCH3 is 1. The lowest BCUT2D eigenvalue weighted by atomic mass is 10.2. The van der Waals surface area contributed by atoms with Crippen LogP contribution in [0, 0.1) is 17.0 Å². The number of anilines is 1. The number of aryl methyl sites for hydroxylation is 1. The molecule has 1 aromatic heterocycles. The molecular formula is C10H15N3O4. The number of aliphatic hydroxyl groups is 1. The molecule has 0 spiro atoms. The number of nitro groups is 1. The third kappa shape index (κ3) is 3.97. The van der Waals surface area contributed by atoms with Crippen LogP contribution in [0.25, 0.3) is 0 Å². The second-order valence-electron chi connectivity index (χ2n) is 3.61. The van der Waals surface area contributed by atoms with Crippen molar-refractivity contribution in [2.24, 2.45) is 0 Å². The van der Waals surface area contributed by atoms with Crippen LogP contribution in [0.5, 0.6) is 0 Å². The maximum absolute atomic E-state index is 10.5. The second-order valence-corrected chi connectivity index (χ2v) is 3.61. The molecule has 1 unspecified atom stereocenters. The van der Waals surface area contributed by atoms with Crippen molar-refractivity contribution in [3.8, 4) is 0 Å². The molecule has 0 saturated carbocycles. The van der Waals surface area contributed by atoms with Gasteiger partial charge in [0, 0.05) is 19.7 Å². The molecule has 7 heteroatoms. The smallest absolute Gasteiger partial charge is 0.287 e. The van der Waals surface area contributed by atoms with Gasteiger partial charge in [-0.3, -0.25) is 10.1 Å². The molecular weight excluding hydrogens is 226 g/mol. The van der Waals surface area contributed by atoms with Crippen LogP contribution in [0.4, 0.5) is 11.5 Å². The highest BCUT2D eigenvalue weighted by molar-refractivity contribution is 5.48. The fourth-order valence-corrected chi connectivity index (χ4v) is 1.31. The second kappa shape index (κ2) is 6.12. The van der Waals surface area contributed by atoms with Gasteiger partial charge >= 0.3 is 0 Å². The summed E-state index contributed by atoms with van der Waals surface area (Å²) in [6.45, 7) is 2.21. The molecule has 7 nitrogen and oxygen atoms in total. The molecule has 94 valence electrons. The Morgan fingerprint density at radius 2 is 2.41 bits per heavy atom. The van der Waals surface area contributed by atoms with Gasteiger partial charge in [0.2, 0.25) is 0 Å². The minimum atomic E-state index is -0.642. The van der Waals surface area contributed by atoms with E-state index >= 15 is 0 Å². The number of ether oxygens (including phenoxy) is 1. The van der Waals surface area contributed by atoms with Crippen molar-refractivity contribution in [1.29, 1.82) is 0 Å². The average molecular weight is 241 g/mol. The van der Waals surface area contributed by atoms with E-state index in [0.29, 0.717) is 11.4 Å². The van der Waals surface area contributed by atoms with Gasteiger partial charge in [0.05, 0.1) is 17.6 Å². The maximum Gasteiger partial charge on any atom is 0.287 e. The Labute approximate surface area is 98.6 Å². The number of nitrogens with zero attached hydrogens (tertiary/aromatic N) is 2. The van der Waals surface area contributed by atoms with Crippen molar-refractivity contribution in [3.63, 3.8) is 0 Å². The number of hydrogen-bond donors (Lipinski definition) is 2. The van der Waals surface area contributed by atoms with E-state index in [9.17, 15) is 15.2 Å². The molecule has 1 rings (SSSR count). The van der Waals surface area contributed by atoms with Crippen LogP contribution in [0.1, 0.15) is 5.56 Å². The summed E-state index contributed by atoms with van der Waals surface area (Å²) in [5.74, 6) is 0.519. The quantitative estimate of drug-likeness (QED) is 0.562. The van der Waals surface area contributed by atoms with Crippen molar-refractivity contribution in [1.82, 2.24) is 4.98 Å². The van der Waals surface area contributed by atoms with E-state index in [1.54, 1.807) is 6.92 Å². The number of aromatic nitrogens is 1. The van der Waals surface area contributed by atoms with Gasteiger partial charge in [0.15, 0.2) is 0 Å². The molecule has 0 aromatic carbocycles. The molecule has 1 aromatic rings. The zero-order valence-electron chi connectivity index (χ0n) is 9.71. The van der Waals surface area contributed by atoms with E-state index < -0.39 is 11.0 Å². The molecule has 0 radical (unpaired) electrons. The Morgan fingerprint density at radius 3 is 2.94 bits per heavy atom. The monoisotopic (exact) mass is 241 g/mol. The Bertz CT molecular complexity index is 397. The summed E-state index contributed by atoms with van der Waals surface area (Å²) in [5.41, 5.74) is 0.606. The first-order valence-electron chi connectivity index (χ1n) is 5.06. The van der Waals surface area contributed by atoms with Gasteiger partial charge in [0.1, 0.15) is 12.0 Å². The topological polar surface area (TPSA) is 97.5 Å². The summed E-state index contributed by atoms with van der Waals surface area (Å²) in [5, 5.41) is 22.8. The largest absolute Gasteiger partial charge is 0.389 e. The summed E-state index contributed by atoms with van der Waals surface area (Å²) >= 11 is 0. The van der Waals surface area contributed by atoms with Crippen molar-refractivity contribution in [2.45, 2.75) is 13.0 Å². The first-order chi connectivity index (χ1) is 8.04. The molecule has 0 amide bonds. The van der Waals surface area contributed by atoms with Crippen LogP contribution >= 0.6 is 0 Å². The van der Waals surface area contributed by atoms with E-state index in [1.165, 1.54) is 19.4 Å². The van der Waals surface area contributed by atoms with Gasteiger partial charge < -0.3 is 15.2 Å². The standard InChI is InChI=1S/C10H15N3O4/c1-7-3-8(13(15)16)4-11-10(7)12-5-9(14)6-17-2/h3-4,9,14H,5-6H2,1-2H3,(H,11,12). The minimum absolute atomic E-state index is 0.0505. The predicted molar refractivity (Wildman–Crippen MR) is 62.0 cm³/mol. The molecule has 2 N–H and O–H groups in total. The number of pyridine rings is 1. The number of hydrogen-bond acceptors (Lipinski definition) is 6. The van der Waals surface area contributed by atoms with Crippen LogP contribution in [0.3, 0.4) is 0 Å². The van der Waals surface area contributed by atoms with Gasteiger partial charge in [-0.2, -0.15) is 0 Å². The summed E-state index contributed by atoms with van der Waals surface area (Å²) in [4.78, 5) is 13.9. The lowest BCUT2D eigenvalue weighted by molar-refractivity contribution is -0.385. The summed E-state index contributed by atoms with van der Waals surface area (Å²) in [7, 11) is 1.50. The van der Waals surface area contributed by atoms with Gasteiger partial charge in [0.25, 0.3) is 5.69 Å². The Balaban J connectivity index is 2.63. The number of nitrogens with one attached hydrogen (secondary N) is 1. The Hall–Kier alpha value is -1.73. The van der Waals surface area contributed by atoms with E-state index in [2.05, 4.69) is 10.3 Å². The molecule has 0 aliphatic heterocycles. The minimum Gasteiger partial charge on any atom is -0.389 e. The van der Waals surface area contributed by atoms with Gasteiger partial charge in [-0.05, 0) is 12.5 Å². The highest BCUT2D eigenvalue weighted by atomic mass is 16.6. The maximum atomic E-state index is 10.5. The summed E-state index contributed by atoms with van der Waals surface area (Å²) < 4.78 is 4.77. The predicted octanol–water partition coefficient (Wildman–Crippen LogP) is 0.717. The fraction of sp³-hybridized carbons (Fsp3) is 0.500. The zero-order valence-corrected chi connectivity index (χ0v) is 9.71. The third-order valence-corrected chi connectivity index (χ3v) is 2.14. The van der Waals surface area contributed by atoms with Crippen molar-refractivity contribution >= 4 is 11.5 Å². The highest BCUT2D eigenvalue weighted by Crippen LogP contribution is 2.17. The molecule has 0 bridgehead atoms. The molecule has 1 atom stereocenters. The van der Waals surface area contributed by atoms with Gasteiger partial charge in [-0.25, -0.2) is 4.98 Å². The van der Waals surface area contributed by atoms with Crippen molar-refractivity contribution in [2.75, 3.05) is 25.6 Å². The van der Waals surface area contributed by atoms with E-state index in [1.807, 2.05) is 0 Å². The van der Waals surface area contributed by atoms with E-state index in [-0.39, 0.29) is 18.8 Å². The average Bonchev–Trinajstić information content (AvgIpc) is 2.27. The first-order valence-corrected chi connectivity index (χ1v) is 5.06. The zero-order chi connectivity index (χ0) is 12.8. The summed E-state index contributed by atoms with van der Waals surface area (Å²) in [6.07, 6.45) is 0.536. The Kier molecular flexibility index (Phi) is 4.80. The first kappa shape index (κ1) is 13.3. The van der Waals surface area contributed by atoms with Crippen LogP contribution in [-0.4, -0.2) is 41.4 Å². The van der Waals surface area contributed by atoms with E-state index in [0.717, 1.165) is 0 Å². The van der Waals surface area contributed by atoms with Crippen LogP contribution < -0.4 is 5.32 Å². The van der Waals surface area contributed by atoms with Crippen LogP contribution in [0.15, 0.2) is 12.3 Å². The molecule has 17 heavy (non-hydrogen) atoms. The third-order valence-electron chi connectivity index (χ3n) is 2.14. The lowest BCUT2D eigenvalue weighted by Gasteiger charge is -2.12. The van der Waals surface area contributed by atoms with E-state index in [4.69, 9.17) is 4.74 Å². The van der Waals surface area contributed by atoms with Crippen molar-refractivity contribution in [3.05, 3.63) is 27.9 Å². The normalized spacial score (nSPS) is 12.2. The van der Waals surface area contributed by atoms with Crippen LogP contribution in [0.2, 0.25) is 0 Å². The summed E-state index contributed by atoms with van der Waals surface area (Å²) in [6, 6.07) is 1.43. The molecule has 0 aliphatic rings. The fourth-order valence-electron chi connectivity index (χ4n) is 1.31. The molecule has 0 aliphatic carbocycles. The molecule has 0 fully saturated rings. The number of aliphatic hydroxyl groups excluding tert-OH is 1. The molecule has 0 saturated heterocycles. The SMILES string of the molecule is COCC(O)CNc1ncc([N+](=O)[O-])cc1C. The lowest BCUT2D eigenvalue weighted by Crippen LogP contribution is -2.24. The van der Waals surface area contributed by atoms with Gasteiger partial charge in [-0.1, -0.05) is 0 Å². The van der Waals surface area contributed by atoms with Crippen LogP contribution in [-0.2, 0) is 4.74 Å². The van der Waals surface area contributed by atoms with Gasteiger partial charge in [-0.15, -0.1) is 0 Å². The molecule has 1 heterocycles.